The zero-order valence-electron chi connectivity index (χ0n) is 15.7. The number of esters is 1. The lowest BCUT2D eigenvalue weighted by Crippen LogP contribution is -2.55. The quantitative estimate of drug-likeness (QED) is 0.570. The van der Waals surface area contributed by atoms with Crippen LogP contribution in [0.3, 0.4) is 0 Å². The number of fused-ring (bicyclic) bond motifs is 4. The van der Waals surface area contributed by atoms with Gasteiger partial charge >= 0.3 is 5.97 Å². The van der Waals surface area contributed by atoms with Crippen LogP contribution >= 0.6 is 0 Å². The summed E-state index contributed by atoms with van der Waals surface area (Å²) in [5.41, 5.74) is 0.481. The van der Waals surface area contributed by atoms with Crippen LogP contribution < -0.4 is 0 Å². The van der Waals surface area contributed by atoms with Gasteiger partial charge in [-0.15, -0.1) is 0 Å². The molecule has 5 aliphatic rings. The topological polar surface area (TPSA) is 26.3 Å². The van der Waals surface area contributed by atoms with Crippen LogP contribution in [0.25, 0.3) is 0 Å². The molecule has 0 aromatic carbocycles. The summed E-state index contributed by atoms with van der Waals surface area (Å²) >= 11 is 0. The van der Waals surface area contributed by atoms with Crippen molar-refractivity contribution in [2.45, 2.75) is 84.7 Å². The number of carbonyl (C=O) groups is 1. The minimum Gasteiger partial charge on any atom is -0.462 e. The van der Waals surface area contributed by atoms with E-state index in [1.54, 1.807) is 0 Å². The van der Waals surface area contributed by atoms with Gasteiger partial charge in [0, 0.05) is 5.92 Å². The Balaban J connectivity index is 1.48. The van der Waals surface area contributed by atoms with Crippen LogP contribution in [0, 0.1) is 46.3 Å². The minimum absolute atomic E-state index is 0.0776. The molecule has 0 N–H and O–H groups in total. The first-order valence-electron chi connectivity index (χ1n) is 10.7. The molecule has 1 heterocycles. The fourth-order valence-electron chi connectivity index (χ4n) is 8.61. The molecule has 1 spiro atoms. The summed E-state index contributed by atoms with van der Waals surface area (Å²) in [6.45, 7) is 7.23. The summed E-state index contributed by atoms with van der Waals surface area (Å²) < 4.78 is 5.78. The lowest BCUT2D eigenvalue weighted by Gasteiger charge is -2.60. The van der Waals surface area contributed by atoms with E-state index in [0.29, 0.717) is 17.3 Å². The third-order valence-corrected chi connectivity index (χ3v) is 9.75. The highest BCUT2D eigenvalue weighted by Crippen LogP contribution is 2.69. The minimum atomic E-state index is -0.0776. The molecular formula is C22H34O2. The maximum atomic E-state index is 12.9. The summed E-state index contributed by atoms with van der Waals surface area (Å²) in [6.07, 6.45) is 12.2. The van der Waals surface area contributed by atoms with Crippen LogP contribution in [0.5, 0.6) is 0 Å². The molecule has 0 aromatic rings. The second-order valence-electron chi connectivity index (χ2n) is 10.4. The highest BCUT2D eigenvalue weighted by atomic mass is 16.6. The van der Waals surface area contributed by atoms with E-state index in [4.69, 9.17) is 4.74 Å². The first-order valence-corrected chi connectivity index (χ1v) is 10.7. The van der Waals surface area contributed by atoms with Gasteiger partial charge in [-0.2, -0.15) is 0 Å². The van der Waals surface area contributed by atoms with Crippen LogP contribution in [-0.4, -0.2) is 12.1 Å². The van der Waals surface area contributed by atoms with Crippen molar-refractivity contribution < 1.29 is 9.53 Å². The zero-order chi connectivity index (χ0) is 16.7. The Kier molecular flexibility index (Phi) is 3.28. The van der Waals surface area contributed by atoms with Gasteiger partial charge in [-0.25, -0.2) is 0 Å². The van der Waals surface area contributed by atoms with Gasteiger partial charge in [-0.05, 0) is 93.3 Å². The first kappa shape index (κ1) is 15.7. The Morgan fingerprint density at radius 3 is 2.54 bits per heavy atom. The maximum absolute atomic E-state index is 12.9. The van der Waals surface area contributed by atoms with E-state index in [-0.39, 0.29) is 17.5 Å². The summed E-state index contributed by atoms with van der Waals surface area (Å²) in [7, 11) is 0. The first-order chi connectivity index (χ1) is 11.5. The Morgan fingerprint density at radius 2 is 1.71 bits per heavy atom. The fraction of sp³-hybridized carbons (Fsp3) is 0.955. The molecule has 4 saturated carbocycles. The van der Waals surface area contributed by atoms with E-state index in [0.717, 1.165) is 30.1 Å². The number of hydrogen-bond acceptors (Lipinski definition) is 2. The molecule has 0 unspecified atom stereocenters. The molecule has 0 bridgehead atoms. The predicted molar refractivity (Wildman–Crippen MR) is 94.3 cm³/mol. The van der Waals surface area contributed by atoms with E-state index in [9.17, 15) is 4.79 Å². The molecule has 4 aliphatic carbocycles. The molecule has 134 valence electrons. The molecule has 1 aliphatic heterocycles. The molecule has 9 atom stereocenters. The van der Waals surface area contributed by atoms with Crippen molar-refractivity contribution in [3.8, 4) is 0 Å². The van der Waals surface area contributed by atoms with Gasteiger partial charge in [-0.3, -0.25) is 4.79 Å². The van der Waals surface area contributed by atoms with E-state index in [2.05, 4.69) is 20.8 Å². The average molecular weight is 331 g/mol. The smallest absolute Gasteiger partial charge is 0.313 e. The number of carbonyl (C=O) groups excluding carboxylic acids is 1. The van der Waals surface area contributed by atoms with Crippen molar-refractivity contribution in [1.29, 1.82) is 0 Å². The molecule has 0 radical (unpaired) electrons. The van der Waals surface area contributed by atoms with Gasteiger partial charge in [0.05, 0.1) is 5.41 Å². The fourth-order valence-corrected chi connectivity index (χ4v) is 8.61. The molecule has 2 nitrogen and oxygen atoms in total. The number of cyclic esters (lactones) is 1. The largest absolute Gasteiger partial charge is 0.462 e. The van der Waals surface area contributed by atoms with Crippen LogP contribution in [0.1, 0.15) is 78.6 Å². The summed E-state index contributed by atoms with van der Waals surface area (Å²) in [5.74, 6) is 4.89. The van der Waals surface area contributed by atoms with Gasteiger partial charge in [0.1, 0.15) is 6.10 Å². The molecular weight excluding hydrogens is 296 g/mol. The van der Waals surface area contributed by atoms with Crippen LogP contribution in [0.2, 0.25) is 0 Å². The molecule has 0 aromatic heterocycles. The highest BCUT2D eigenvalue weighted by Gasteiger charge is 2.68. The average Bonchev–Trinajstić information content (AvgIpc) is 3.05. The number of ether oxygens (including phenoxy) is 1. The van der Waals surface area contributed by atoms with Crippen molar-refractivity contribution in [2.24, 2.45) is 46.3 Å². The second-order valence-corrected chi connectivity index (χ2v) is 10.4. The third-order valence-electron chi connectivity index (χ3n) is 9.75. The van der Waals surface area contributed by atoms with Crippen molar-refractivity contribution in [3.63, 3.8) is 0 Å². The molecule has 5 fully saturated rings. The van der Waals surface area contributed by atoms with Gasteiger partial charge in [0.2, 0.25) is 0 Å². The molecule has 5 rings (SSSR count). The molecule has 24 heavy (non-hydrogen) atoms. The Labute approximate surface area is 147 Å². The predicted octanol–water partition coefficient (Wildman–Crippen LogP) is 5.21. The number of hydrogen-bond donors (Lipinski definition) is 0. The number of rotatable bonds is 0. The molecule has 0 amide bonds. The van der Waals surface area contributed by atoms with Gasteiger partial charge in [0.15, 0.2) is 0 Å². The van der Waals surface area contributed by atoms with E-state index < -0.39 is 0 Å². The summed E-state index contributed by atoms with van der Waals surface area (Å²) in [4.78, 5) is 12.9. The van der Waals surface area contributed by atoms with Crippen molar-refractivity contribution in [1.82, 2.24) is 0 Å². The SMILES string of the molecule is C[C@@H]1CC[C@@]2(C)[C@@H](CC[C@@H]3[C@@H]2CC[C@]24C(=O)O[C@H](C)[C@H]2CC[C@@H]34)C1. The molecule has 2 heteroatoms. The normalized spacial score (nSPS) is 59.1. The standard InChI is InChI=1S/C22H34O2/c1-13-8-10-21(3)15(12-13)4-5-16-18(21)9-11-22-17(6-7-19(16)22)14(2)24-20(22)23/h13-19H,4-12H2,1-3H3/t13-,14-,15+,16-,17-,18+,19+,21+,22+/m1/s1. The van der Waals surface area contributed by atoms with E-state index >= 15 is 0 Å². The lowest BCUT2D eigenvalue weighted by atomic mass is 9.44. The monoisotopic (exact) mass is 330 g/mol. The van der Waals surface area contributed by atoms with Crippen molar-refractivity contribution in [2.75, 3.05) is 0 Å². The highest BCUT2D eigenvalue weighted by molar-refractivity contribution is 5.81. The Hall–Kier alpha value is -0.530. The Morgan fingerprint density at radius 1 is 0.917 bits per heavy atom. The maximum Gasteiger partial charge on any atom is 0.313 e. The van der Waals surface area contributed by atoms with Crippen LogP contribution in [0.4, 0.5) is 0 Å². The third kappa shape index (κ3) is 1.76. The van der Waals surface area contributed by atoms with E-state index in [1.807, 2.05) is 0 Å². The van der Waals surface area contributed by atoms with E-state index in [1.165, 1.54) is 51.4 Å². The van der Waals surface area contributed by atoms with Gasteiger partial charge in [-0.1, -0.05) is 20.3 Å². The van der Waals surface area contributed by atoms with Crippen LogP contribution in [-0.2, 0) is 9.53 Å². The summed E-state index contributed by atoms with van der Waals surface area (Å²) in [6, 6.07) is 0. The van der Waals surface area contributed by atoms with Crippen molar-refractivity contribution >= 4 is 5.97 Å². The van der Waals surface area contributed by atoms with Gasteiger partial charge < -0.3 is 4.74 Å². The van der Waals surface area contributed by atoms with Gasteiger partial charge in [0.25, 0.3) is 0 Å². The van der Waals surface area contributed by atoms with Crippen molar-refractivity contribution in [3.05, 3.63) is 0 Å². The lowest BCUT2D eigenvalue weighted by molar-refractivity contribution is -0.162. The second kappa shape index (κ2) is 5.01. The summed E-state index contributed by atoms with van der Waals surface area (Å²) in [5, 5.41) is 0. The zero-order valence-corrected chi connectivity index (χ0v) is 15.7. The molecule has 1 saturated heterocycles. The Bertz CT molecular complexity index is 556. The van der Waals surface area contributed by atoms with Crippen LogP contribution in [0.15, 0.2) is 0 Å².